The number of ether oxygens (including phenoxy) is 1. The van der Waals surface area contributed by atoms with E-state index in [1.54, 1.807) is 0 Å². The number of rotatable bonds is 9. The van der Waals surface area contributed by atoms with Crippen molar-refractivity contribution in [3.63, 3.8) is 0 Å². The summed E-state index contributed by atoms with van der Waals surface area (Å²) in [5.41, 5.74) is 2.13. The molecule has 6 heteroatoms. The van der Waals surface area contributed by atoms with E-state index in [0.29, 0.717) is 13.0 Å². The van der Waals surface area contributed by atoms with E-state index in [4.69, 9.17) is 4.74 Å². The second kappa shape index (κ2) is 10.4. The summed E-state index contributed by atoms with van der Waals surface area (Å²) >= 11 is 3.53. The second-order valence-electron chi connectivity index (χ2n) is 8.00. The van der Waals surface area contributed by atoms with Crippen LogP contribution in [0.25, 0.3) is 0 Å². The lowest BCUT2D eigenvalue weighted by atomic mass is 9.87. The van der Waals surface area contributed by atoms with E-state index in [0.717, 1.165) is 15.8 Å². The largest absolute Gasteiger partial charge is 0.492 e. The highest BCUT2D eigenvalue weighted by molar-refractivity contribution is 9.10. The maximum absolute atomic E-state index is 12.1. The molecule has 0 spiro atoms. The number of carbonyl (C=O) groups is 2. The molecule has 2 aromatic rings. The van der Waals surface area contributed by atoms with E-state index >= 15 is 0 Å². The molecule has 0 aliphatic rings. The Morgan fingerprint density at radius 2 is 1.83 bits per heavy atom. The van der Waals surface area contributed by atoms with E-state index in [1.807, 2.05) is 48.5 Å². The maximum atomic E-state index is 12.1. The Morgan fingerprint density at radius 1 is 1.14 bits per heavy atom. The van der Waals surface area contributed by atoms with Crippen molar-refractivity contribution < 1.29 is 19.4 Å². The van der Waals surface area contributed by atoms with E-state index in [-0.39, 0.29) is 24.2 Å². The summed E-state index contributed by atoms with van der Waals surface area (Å²) in [4.78, 5) is 23.6. The number of nitrogens with one attached hydrogen (secondary N) is 1. The topological polar surface area (TPSA) is 75.6 Å². The molecule has 0 heterocycles. The van der Waals surface area contributed by atoms with Gasteiger partial charge in [0.15, 0.2) is 0 Å². The van der Waals surface area contributed by atoms with E-state index < -0.39 is 12.0 Å². The number of hydrogen-bond donors (Lipinski definition) is 2. The van der Waals surface area contributed by atoms with E-state index in [2.05, 4.69) is 42.0 Å². The minimum absolute atomic E-state index is 0.0551. The first-order valence-corrected chi connectivity index (χ1v) is 10.4. The van der Waals surface area contributed by atoms with Gasteiger partial charge in [0, 0.05) is 12.8 Å². The summed E-state index contributed by atoms with van der Waals surface area (Å²) in [6.45, 7) is 6.82. The van der Waals surface area contributed by atoms with E-state index in [9.17, 15) is 14.7 Å². The molecule has 0 aliphatic heterocycles. The van der Waals surface area contributed by atoms with Crippen LogP contribution in [0.3, 0.4) is 0 Å². The van der Waals surface area contributed by atoms with Crippen LogP contribution in [0.5, 0.6) is 5.75 Å². The third-order valence-electron chi connectivity index (χ3n) is 4.52. The molecule has 2 aromatic carbocycles. The van der Waals surface area contributed by atoms with Crippen molar-refractivity contribution in [1.82, 2.24) is 5.32 Å². The van der Waals surface area contributed by atoms with Crippen molar-refractivity contribution in [1.29, 1.82) is 0 Å². The van der Waals surface area contributed by atoms with Crippen LogP contribution in [-0.4, -0.2) is 29.6 Å². The van der Waals surface area contributed by atoms with Crippen LogP contribution >= 0.6 is 15.9 Å². The Bertz CT molecular complexity index is 831. The van der Waals surface area contributed by atoms with Crippen molar-refractivity contribution in [3.8, 4) is 5.75 Å². The van der Waals surface area contributed by atoms with Gasteiger partial charge < -0.3 is 15.2 Å². The fraction of sp³-hybridized carbons (Fsp3) is 0.391. The third kappa shape index (κ3) is 7.54. The molecule has 156 valence electrons. The first-order valence-electron chi connectivity index (χ1n) is 9.66. The summed E-state index contributed by atoms with van der Waals surface area (Å²) in [6, 6.07) is 14.3. The Balaban J connectivity index is 1.79. The van der Waals surface area contributed by atoms with Gasteiger partial charge in [-0.25, -0.2) is 4.79 Å². The molecule has 0 saturated heterocycles. The molecule has 1 amide bonds. The molecule has 0 aliphatic carbocycles. The van der Waals surface area contributed by atoms with Gasteiger partial charge in [0.05, 0.1) is 11.1 Å². The molecule has 29 heavy (non-hydrogen) atoms. The quantitative estimate of drug-likeness (QED) is 0.529. The number of aliphatic carboxylic acids is 1. The zero-order chi connectivity index (χ0) is 21.4. The number of carbonyl (C=O) groups excluding carboxylic acids is 1. The van der Waals surface area contributed by atoms with Crippen LogP contribution in [0.4, 0.5) is 0 Å². The minimum Gasteiger partial charge on any atom is -0.492 e. The number of benzene rings is 2. The van der Waals surface area contributed by atoms with Crippen LogP contribution < -0.4 is 10.1 Å². The predicted octanol–water partition coefficient (Wildman–Crippen LogP) is 4.72. The first kappa shape index (κ1) is 22.9. The van der Waals surface area contributed by atoms with Gasteiger partial charge in [-0.3, -0.25) is 4.79 Å². The Labute approximate surface area is 180 Å². The number of carboxylic acid groups (broad SMARTS) is 1. The maximum Gasteiger partial charge on any atom is 0.326 e. The molecule has 0 fully saturated rings. The zero-order valence-electron chi connectivity index (χ0n) is 17.1. The van der Waals surface area contributed by atoms with Crippen LogP contribution in [0.1, 0.15) is 44.7 Å². The second-order valence-corrected chi connectivity index (χ2v) is 8.85. The molecule has 0 bridgehead atoms. The summed E-state index contributed by atoms with van der Waals surface area (Å²) in [6.07, 6.45) is 0.957. The standard InChI is InChI=1S/C23H28BrNO4/c1-23(2,3)17-11-12-20(18(24)15-17)29-13-7-10-21(26)25-19(22(27)28)14-16-8-5-4-6-9-16/h4-6,8-9,11-12,15,19H,7,10,13-14H2,1-3H3,(H,25,26)(H,27,28). The van der Waals surface area contributed by atoms with Gasteiger partial charge in [0.25, 0.3) is 0 Å². The smallest absolute Gasteiger partial charge is 0.326 e. The molecule has 1 atom stereocenters. The average Bonchev–Trinajstić information content (AvgIpc) is 2.65. The SMILES string of the molecule is CC(C)(C)c1ccc(OCCCC(=O)NC(Cc2ccccc2)C(=O)O)c(Br)c1. The van der Waals surface area contributed by atoms with Crippen LogP contribution in [-0.2, 0) is 21.4 Å². The normalized spacial score (nSPS) is 12.3. The summed E-state index contributed by atoms with van der Waals surface area (Å²) in [5.74, 6) is -0.605. The van der Waals surface area contributed by atoms with Gasteiger partial charge in [-0.15, -0.1) is 0 Å². The van der Waals surface area contributed by atoms with Gasteiger partial charge in [-0.2, -0.15) is 0 Å². The van der Waals surface area contributed by atoms with Gasteiger partial charge in [0.2, 0.25) is 5.91 Å². The van der Waals surface area contributed by atoms with Gasteiger partial charge in [-0.1, -0.05) is 57.2 Å². The molecule has 0 radical (unpaired) electrons. The van der Waals surface area contributed by atoms with Crippen LogP contribution in [0.2, 0.25) is 0 Å². The van der Waals surface area contributed by atoms with E-state index in [1.165, 1.54) is 5.56 Å². The van der Waals surface area contributed by atoms with Gasteiger partial charge >= 0.3 is 5.97 Å². The highest BCUT2D eigenvalue weighted by atomic mass is 79.9. The molecule has 0 saturated carbocycles. The number of carboxylic acids is 1. The summed E-state index contributed by atoms with van der Waals surface area (Å²) in [7, 11) is 0. The van der Waals surface area contributed by atoms with Crippen LogP contribution in [0, 0.1) is 0 Å². The molecule has 1 unspecified atom stereocenters. The van der Waals surface area contributed by atoms with Crippen molar-refractivity contribution in [2.24, 2.45) is 0 Å². The molecular formula is C23H28BrNO4. The van der Waals surface area contributed by atoms with Crippen molar-refractivity contribution in [3.05, 3.63) is 64.1 Å². The lowest BCUT2D eigenvalue weighted by molar-refractivity contribution is -0.141. The van der Waals surface area contributed by atoms with Crippen molar-refractivity contribution in [2.45, 2.75) is 51.5 Å². The molecular weight excluding hydrogens is 434 g/mol. The number of amides is 1. The lowest BCUT2D eigenvalue weighted by Crippen LogP contribution is -2.42. The number of hydrogen-bond acceptors (Lipinski definition) is 3. The van der Waals surface area contributed by atoms with Crippen molar-refractivity contribution in [2.75, 3.05) is 6.61 Å². The minimum atomic E-state index is -1.04. The molecule has 5 nitrogen and oxygen atoms in total. The van der Waals surface area contributed by atoms with Gasteiger partial charge in [-0.05, 0) is 51.0 Å². The molecule has 0 aromatic heterocycles. The predicted molar refractivity (Wildman–Crippen MR) is 117 cm³/mol. The third-order valence-corrected chi connectivity index (χ3v) is 5.14. The Morgan fingerprint density at radius 3 is 2.41 bits per heavy atom. The molecule has 2 N–H and O–H groups in total. The summed E-state index contributed by atoms with van der Waals surface area (Å²) < 4.78 is 6.64. The summed E-state index contributed by atoms with van der Waals surface area (Å²) in [5, 5.41) is 12.0. The monoisotopic (exact) mass is 461 g/mol. The Hall–Kier alpha value is -2.34. The highest BCUT2D eigenvalue weighted by Crippen LogP contribution is 2.31. The lowest BCUT2D eigenvalue weighted by Gasteiger charge is -2.20. The zero-order valence-corrected chi connectivity index (χ0v) is 18.7. The van der Waals surface area contributed by atoms with Gasteiger partial charge in [0.1, 0.15) is 11.8 Å². The van der Waals surface area contributed by atoms with Crippen molar-refractivity contribution >= 4 is 27.8 Å². The Kier molecular flexibility index (Phi) is 8.26. The molecule has 2 rings (SSSR count). The number of halogens is 1. The highest BCUT2D eigenvalue weighted by Gasteiger charge is 2.20. The average molecular weight is 462 g/mol. The fourth-order valence-electron chi connectivity index (χ4n) is 2.82. The first-order chi connectivity index (χ1) is 13.7. The van der Waals surface area contributed by atoms with Crippen LogP contribution in [0.15, 0.2) is 53.0 Å². The fourth-order valence-corrected chi connectivity index (χ4v) is 3.31.